The van der Waals surface area contributed by atoms with Gasteiger partial charge >= 0.3 is 0 Å². The van der Waals surface area contributed by atoms with E-state index in [1.54, 1.807) is 24.0 Å². The van der Waals surface area contributed by atoms with Gasteiger partial charge in [-0.15, -0.1) is 0 Å². The molecule has 0 radical (unpaired) electrons. The monoisotopic (exact) mass is 274 g/mol. The van der Waals surface area contributed by atoms with Crippen molar-refractivity contribution in [3.05, 3.63) is 41.5 Å². The summed E-state index contributed by atoms with van der Waals surface area (Å²) in [5.41, 5.74) is 1.97. The fourth-order valence-electron chi connectivity index (χ4n) is 1.94. The van der Waals surface area contributed by atoms with E-state index in [0.717, 1.165) is 11.1 Å². The average Bonchev–Trinajstić information content (AvgIpc) is 2.88. The molecule has 0 saturated heterocycles. The molecule has 2 N–H and O–H groups in total. The normalized spacial score (nSPS) is 12.2. The van der Waals surface area contributed by atoms with Crippen LogP contribution in [0.5, 0.6) is 5.75 Å². The first-order valence-electron chi connectivity index (χ1n) is 6.41. The molecular weight excluding hydrogens is 256 g/mol. The number of amides is 1. The molecular formula is C14H18N4O2. The van der Waals surface area contributed by atoms with Gasteiger partial charge in [-0.05, 0) is 38.0 Å². The standard InChI is InChI=1S/C14H18N4O2/c1-9-4-5-12(13(19)11(9)3)14(20)17-10(2)6-18-8-15-7-16-18/h4-5,7-8,10,19H,6H2,1-3H3,(H,17,20). The minimum absolute atomic E-state index is 0.0375. The fraction of sp³-hybridized carbons (Fsp3) is 0.357. The quantitative estimate of drug-likeness (QED) is 0.883. The van der Waals surface area contributed by atoms with Crippen molar-refractivity contribution in [2.75, 3.05) is 0 Å². The summed E-state index contributed by atoms with van der Waals surface area (Å²) in [5, 5.41) is 16.8. The second-order valence-electron chi connectivity index (χ2n) is 4.90. The van der Waals surface area contributed by atoms with E-state index in [2.05, 4.69) is 15.4 Å². The summed E-state index contributed by atoms with van der Waals surface area (Å²) in [4.78, 5) is 16.0. The van der Waals surface area contributed by atoms with Gasteiger partial charge in [0, 0.05) is 6.04 Å². The molecule has 1 amide bonds. The molecule has 0 saturated carbocycles. The zero-order valence-electron chi connectivity index (χ0n) is 11.8. The zero-order valence-corrected chi connectivity index (χ0v) is 11.8. The number of nitrogens with one attached hydrogen (secondary N) is 1. The lowest BCUT2D eigenvalue weighted by atomic mass is 10.0. The summed E-state index contributed by atoms with van der Waals surface area (Å²) in [7, 11) is 0. The molecule has 1 heterocycles. The van der Waals surface area contributed by atoms with Gasteiger partial charge in [0.05, 0.1) is 12.1 Å². The van der Waals surface area contributed by atoms with Crippen LogP contribution in [-0.4, -0.2) is 31.8 Å². The van der Waals surface area contributed by atoms with Gasteiger partial charge in [-0.2, -0.15) is 5.10 Å². The third kappa shape index (κ3) is 2.96. The van der Waals surface area contributed by atoms with Crippen molar-refractivity contribution in [3.8, 4) is 5.75 Å². The molecule has 106 valence electrons. The molecule has 0 aliphatic carbocycles. The van der Waals surface area contributed by atoms with Crippen LogP contribution in [0.2, 0.25) is 0 Å². The van der Waals surface area contributed by atoms with Crippen LogP contribution in [-0.2, 0) is 6.54 Å². The van der Waals surface area contributed by atoms with Crippen LogP contribution < -0.4 is 5.32 Å². The zero-order chi connectivity index (χ0) is 14.7. The number of nitrogens with zero attached hydrogens (tertiary/aromatic N) is 3. The van der Waals surface area contributed by atoms with Crippen molar-refractivity contribution in [2.24, 2.45) is 0 Å². The van der Waals surface area contributed by atoms with E-state index < -0.39 is 0 Å². The minimum Gasteiger partial charge on any atom is -0.507 e. The molecule has 0 bridgehead atoms. The Hall–Kier alpha value is -2.37. The summed E-state index contributed by atoms with van der Waals surface area (Å²) < 4.78 is 1.64. The molecule has 0 aliphatic rings. The number of benzene rings is 1. The molecule has 1 aromatic carbocycles. The molecule has 6 nitrogen and oxygen atoms in total. The largest absolute Gasteiger partial charge is 0.507 e. The molecule has 6 heteroatoms. The number of aromatic nitrogens is 3. The van der Waals surface area contributed by atoms with Gasteiger partial charge < -0.3 is 10.4 Å². The highest BCUT2D eigenvalue weighted by atomic mass is 16.3. The number of aryl methyl sites for hydroxylation is 1. The Morgan fingerprint density at radius 3 is 2.85 bits per heavy atom. The summed E-state index contributed by atoms with van der Waals surface area (Å²) in [6, 6.07) is 3.34. The van der Waals surface area contributed by atoms with E-state index in [1.807, 2.05) is 19.9 Å². The average molecular weight is 274 g/mol. The predicted octanol–water partition coefficient (Wildman–Crippen LogP) is 1.42. The second-order valence-corrected chi connectivity index (χ2v) is 4.90. The summed E-state index contributed by atoms with van der Waals surface area (Å²) in [6.07, 6.45) is 3.04. The smallest absolute Gasteiger partial charge is 0.255 e. The van der Waals surface area contributed by atoms with E-state index in [9.17, 15) is 9.90 Å². The molecule has 0 fully saturated rings. The Balaban J connectivity index is 2.07. The van der Waals surface area contributed by atoms with Crippen molar-refractivity contribution in [2.45, 2.75) is 33.4 Å². The predicted molar refractivity (Wildman–Crippen MR) is 74.5 cm³/mol. The maximum absolute atomic E-state index is 12.2. The highest BCUT2D eigenvalue weighted by molar-refractivity contribution is 5.97. The van der Waals surface area contributed by atoms with Crippen LogP contribution in [0.3, 0.4) is 0 Å². The first-order valence-corrected chi connectivity index (χ1v) is 6.41. The Morgan fingerprint density at radius 2 is 2.20 bits per heavy atom. The molecule has 2 aromatic rings. The molecule has 2 rings (SSSR count). The van der Waals surface area contributed by atoms with E-state index in [0.29, 0.717) is 12.1 Å². The van der Waals surface area contributed by atoms with E-state index in [1.165, 1.54) is 6.33 Å². The van der Waals surface area contributed by atoms with E-state index >= 15 is 0 Å². The molecule has 1 aromatic heterocycles. The summed E-state index contributed by atoms with van der Waals surface area (Å²) in [5.74, 6) is -0.256. The lowest BCUT2D eigenvalue weighted by molar-refractivity contribution is 0.0933. The Morgan fingerprint density at radius 1 is 1.45 bits per heavy atom. The number of aromatic hydroxyl groups is 1. The highest BCUT2D eigenvalue weighted by Crippen LogP contribution is 2.24. The Kier molecular flexibility index (Phi) is 4.02. The second kappa shape index (κ2) is 5.73. The molecule has 1 atom stereocenters. The van der Waals surface area contributed by atoms with Crippen molar-refractivity contribution in [1.29, 1.82) is 0 Å². The van der Waals surface area contributed by atoms with Gasteiger partial charge in [-0.25, -0.2) is 4.98 Å². The van der Waals surface area contributed by atoms with Crippen molar-refractivity contribution < 1.29 is 9.90 Å². The van der Waals surface area contributed by atoms with Crippen LogP contribution in [0.15, 0.2) is 24.8 Å². The maximum atomic E-state index is 12.2. The van der Waals surface area contributed by atoms with Gasteiger partial charge in [-0.3, -0.25) is 9.48 Å². The lowest BCUT2D eigenvalue weighted by Gasteiger charge is -2.15. The number of phenolic OH excluding ortho intramolecular Hbond substituents is 1. The SMILES string of the molecule is Cc1ccc(C(=O)NC(C)Cn2cncn2)c(O)c1C. The fourth-order valence-corrected chi connectivity index (χ4v) is 1.94. The van der Waals surface area contributed by atoms with Gasteiger partial charge in [-0.1, -0.05) is 6.07 Å². The molecule has 0 spiro atoms. The van der Waals surface area contributed by atoms with Gasteiger partial charge in [0.1, 0.15) is 18.4 Å². The third-order valence-corrected chi connectivity index (χ3v) is 3.25. The summed E-state index contributed by atoms with van der Waals surface area (Å²) in [6.45, 7) is 6.08. The third-order valence-electron chi connectivity index (χ3n) is 3.25. The number of carbonyl (C=O) groups excluding carboxylic acids is 1. The first kappa shape index (κ1) is 14.0. The number of carbonyl (C=O) groups is 1. The highest BCUT2D eigenvalue weighted by Gasteiger charge is 2.16. The first-order chi connectivity index (χ1) is 9.49. The minimum atomic E-state index is -0.293. The Bertz CT molecular complexity index is 608. The lowest BCUT2D eigenvalue weighted by Crippen LogP contribution is -2.35. The van der Waals surface area contributed by atoms with Crippen molar-refractivity contribution in [1.82, 2.24) is 20.1 Å². The van der Waals surface area contributed by atoms with E-state index in [4.69, 9.17) is 0 Å². The molecule has 20 heavy (non-hydrogen) atoms. The molecule has 0 aliphatic heterocycles. The van der Waals surface area contributed by atoms with Crippen LogP contribution >= 0.6 is 0 Å². The van der Waals surface area contributed by atoms with Crippen LogP contribution in [0.25, 0.3) is 0 Å². The number of hydrogen-bond acceptors (Lipinski definition) is 4. The number of hydrogen-bond donors (Lipinski definition) is 2. The number of rotatable bonds is 4. The van der Waals surface area contributed by atoms with Crippen molar-refractivity contribution >= 4 is 5.91 Å². The van der Waals surface area contributed by atoms with Crippen molar-refractivity contribution in [3.63, 3.8) is 0 Å². The Labute approximate surface area is 117 Å². The topological polar surface area (TPSA) is 80.0 Å². The van der Waals surface area contributed by atoms with Gasteiger partial charge in [0.25, 0.3) is 5.91 Å². The molecule has 1 unspecified atom stereocenters. The number of phenols is 1. The van der Waals surface area contributed by atoms with Gasteiger partial charge in [0.15, 0.2) is 0 Å². The van der Waals surface area contributed by atoms with Gasteiger partial charge in [0.2, 0.25) is 0 Å². The van der Waals surface area contributed by atoms with Crippen LogP contribution in [0.1, 0.15) is 28.4 Å². The van der Waals surface area contributed by atoms with Crippen LogP contribution in [0, 0.1) is 13.8 Å². The summed E-state index contributed by atoms with van der Waals surface area (Å²) >= 11 is 0. The van der Waals surface area contributed by atoms with Crippen LogP contribution in [0.4, 0.5) is 0 Å². The van der Waals surface area contributed by atoms with E-state index in [-0.39, 0.29) is 17.7 Å². The maximum Gasteiger partial charge on any atom is 0.255 e.